The second-order valence-corrected chi connectivity index (χ2v) is 9.44. The van der Waals surface area contributed by atoms with Gasteiger partial charge in [0.15, 0.2) is 0 Å². The van der Waals surface area contributed by atoms with E-state index in [1.54, 1.807) is 11.3 Å². The first-order valence-electron chi connectivity index (χ1n) is 10.3. The Balaban J connectivity index is 1.43. The smallest absolute Gasteiger partial charge is 0.254 e. The summed E-state index contributed by atoms with van der Waals surface area (Å²) in [6.07, 6.45) is 3.84. The van der Waals surface area contributed by atoms with Crippen LogP contribution in [0.2, 0.25) is 0 Å². The van der Waals surface area contributed by atoms with Gasteiger partial charge < -0.3 is 9.88 Å². The second kappa shape index (κ2) is 7.06. The first kappa shape index (κ1) is 18.5. The van der Waals surface area contributed by atoms with Crippen LogP contribution in [0.3, 0.4) is 0 Å². The Morgan fingerprint density at radius 2 is 1.86 bits per heavy atom. The Morgan fingerprint density at radius 1 is 1.10 bits per heavy atom. The van der Waals surface area contributed by atoms with E-state index in [9.17, 15) is 4.79 Å². The molecule has 0 radical (unpaired) electrons. The van der Waals surface area contributed by atoms with Crippen molar-refractivity contribution in [3.05, 3.63) is 57.0 Å². The highest BCUT2D eigenvalue weighted by Crippen LogP contribution is 2.45. The zero-order chi connectivity index (χ0) is 20.0. The molecule has 2 aliphatic rings. The van der Waals surface area contributed by atoms with Gasteiger partial charge >= 0.3 is 0 Å². The molecule has 0 bridgehead atoms. The van der Waals surface area contributed by atoms with Gasteiger partial charge in [0.05, 0.1) is 5.69 Å². The van der Waals surface area contributed by atoms with Crippen molar-refractivity contribution in [1.29, 1.82) is 0 Å². The van der Waals surface area contributed by atoms with E-state index in [-0.39, 0.29) is 11.0 Å². The predicted molar refractivity (Wildman–Crippen MR) is 116 cm³/mol. The monoisotopic (exact) mass is 407 g/mol. The molecule has 6 nitrogen and oxygen atoms in total. The molecule has 0 amide bonds. The molecule has 1 saturated heterocycles. The van der Waals surface area contributed by atoms with Crippen molar-refractivity contribution < 1.29 is 0 Å². The van der Waals surface area contributed by atoms with E-state index >= 15 is 0 Å². The van der Waals surface area contributed by atoms with Gasteiger partial charge in [0.2, 0.25) is 5.13 Å². The number of nitrogens with one attached hydrogen (secondary N) is 1. The molecule has 0 atom stereocenters. The van der Waals surface area contributed by atoms with Gasteiger partial charge in [-0.3, -0.25) is 4.79 Å². The number of hydrogen-bond donors (Lipinski definition) is 1. The topological polar surface area (TPSA) is 74.8 Å². The number of piperidine rings is 1. The van der Waals surface area contributed by atoms with Crippen LogP contribution >= 0.6 is 11.3 Å². The number of aromatic amines is 1. The van der Waals surface area contributed by atoms with Gasteiger partial charge in [-0.1, -0.05) is 55.5 Å². The van der Waals surface area contributed by atoms with Gasteiger partial charge in [-0.25, -0.2) is 4.98 Å². The van der Waals surface area contributed by atoms with Crippen LogP contribution in [0.25, 0.3) is 11.4 Å². The fraction of sp³-hybridized carbons (Fsp3) is 0.455. The molecule has 150 valence electrons. The summed E-state index contributed by atoms with van der Waals surface area (Å²) in [7, 11) is 0. The van der Waals surface area contributed by atoms with Crippen molar-refractivity contribution in [3.63, 3.8) is 0 Å². The normalized spacial score (nSPS) is 17.8. The van der Waals surface area contributed by atoms with E-state index in [1.807, 2.05) is 30.3 Å². The van der Waals surface area contributed by atoms with Crippen LogP contribution < -0.4 is 10.5 Å². The predicted octanol–water partition coefficient (Wildman–Crippen LogP) is 3.90. The van der Waals surface area contributed by atoms with E-state index in [0.29, 0.717) is 11.7 Å². The molecule has 0 unspecified atom stereocenters. The Labute approximate surface area is 174 Å². The molecule has 1 aliphatic heterocycles. The van der Waals surface area contributed by atoms with Crippen molar-refractivity contribution in [2.24, 2.45) is 0 Å². The standard InChI is InChI=1S/C22H25N5OS/c1-14(2)20-25-26-21(29-20)27-12-10-22(11-13-27)9-8-16-17(22)23-18(24-19(16)28)15-6-4-3-5-7-15/h3-7,14H,8-13H2,1-2H3,(H,23,24,28). The zero-order valence-corrected chi connectivity index (χ0v) is 17.6. The molecule has 1 aliphatic carbocycles. The van der Waals surface area contributed by atoms with Crippen LogP contribution in [0.15, 0.2) is 35.1 Å². The van der Waals surface area contributed by atoms with Crippen molar-refractivity contribution >= 4 is 16.5 Å². The summed E-state index contributed by atoms with van der Waals surface area (Å²) in [6.45, 7) is 6.17. The lowest BCUT2D eigenvalue weighted by molar-refractivity contribution is 0.323. The number of anilines is 1. The first-order valence-corrected chi connectivity index (χ1v) is 11.1. The molecule has 5 rings (SSSR count). The summed E-state index contributed by atoms with van der Waals surface area (Å²) in [5.41, 5.74) is 2.91. The second-order valence-electron chi connectivity index (χ2n) is 8.45. The molecule has 3 aromatic rings. The third-order valence-electron chi connectivity index (χ3n) is 6.33. The summed E-state index contributed by atoms with van der Waals surface area (Å²) in [5.74, 6) is 1.09. The maximum absolute atomic E-state index is 12.8. The Morgan fingerprint density at radius 3 is 2.55 bits per heavy atom. The van der Waals surface area contributed by atoms with Gasteiger partial charge in [0, 0.05) is 35.5 Å². The van der Waals surface area contributed by atoms with E-state index < -0.39 is 0 Å². The minimum Gasteiger partial charge on any atom is -0.347 e. The molecule has 1 aromatic carbocycles. The third-order valence-corrected chi connectivity index (χ3v) is 7.62. The summed E-state index contributed by atoms with van der Waals surface area (Å²) in [6, 6.07) is 9.92. The number of rotatable bonds is 3. The minimum absolute atomic E-state index is 0.00912. The summed E-state index contributed by atoms with van der Waals surface area (Å²) in [4.78, 5) is 23.1. The van der Waals surface area contributed by atoms with Crippen LogP contribution in [0.4, 0.5) is 5.13 Å². The third kappa shape index (κ3) is 3.17. The minimum atomic E-state index is 0.00912. The van der Waals surface area contributed by atoms with Crippen LogP contribution in [-0.4, -0.2) is 33.3 Å². The summed E-state index contributed by atoms with van der Waals surface area (Å²) in [5, 5.41) is 10.9. The van der Waals surface area contributed by atoms with Crippen molar-refractivity contribution in [3.8, 4) is 11.4 Å². The molecular weight excluding hydrogens is 382 g/mol. The van der Waals surface area contributed by atoms with Gasteiger partial charge in [0.25, 0.3) is 5.56 Å². The number of benzene rings is 1. The summed E-state index contributed by atoms with van der Waals surface area (Å²) < 4.78 is 0. The molecule has 1 N–H and O–H groups in total. The molecule has 29 heavy (non-hydrogen) atoms. The number of H-pyrrole nitrogens is 1. The molecular formula is C22H25N5OS. The van der Waals surface area contributed by atoms with Crippen molar-refractivity contribution in [2.45, 2.75) is 50.9 Å². The number of aromatic nitrogens is 4. The zero-order valence-electron chi connectivity index (χ0n) is 16.8. The van der Waals surface area contributed by atoms with E-state index in [2.05, 4.69) is 33.9 Å². The lowest BCUT2D eigenvalue weighted by atomic mass is 9.76. The van der Waals surface area contributed by atoms with Gasteiger partial charge in [-0.2, -0.15) is 0 Å². The number of hydrogen-bond acceptors (Lipinski definition) is 6. The maximum Gasteiger partial charge on any atom is 0.254 e. The quantitative estimate of drug-likeness (QED) is 0.713. The summed E-state index contributed by atoms with van der Waals surface area (Å²) >= 11 is 1.70. The highest BCUT2D eigenvalue weighted by Gasteiger charge is 2.44. The van der Waals surface area contributed by atoms with Crippen molar-refractivity contribution in [1.82, 2.24) is 20.2 Å². The molecule has 1 spiro atoms. The fourth-order valence-electron chi connectivity index (χ4n) is 4.58. The van der Waals surface area contributed by atoms with E-state index in [0.717, 1.165) is 65.7 Å². The largest absolute Gasteiger partial charge is 0.347 e. The van der Waals surface area contributed by atoms with Crippen molar-refractivity contribution in [2.75, 3.05) is 18.0 Å². The SMILES string of the molecule is CC(C)c1nnc(N2CCC3(CCc4c3nc(-c3ccccc3)[nH]c4=O)CC2)s1. The maximum atomic E-state index is 12.8. The average molecular weight is 408 g/mol. The van der Waals surface area contributed by atoms with Crippen LogP contribution in [0.1, 0.15) is 55.3 Å². The highest BCUT2D eigenvalue weighted by molar-refractivity contribution is 7.15. The Kier molecular flexibility index (Phi) is 4.50. The van der Waals surface area contributed by atoms with Gasteiger partial charge in [-0.05, 0) is 25.7 Å². The van der Waals surface area contributed by atoms with Crippen LogP contribution in [0.5, 0.6) is 0 Å². The van der Waals surface area contributed by atoms with Crippen LogP contribution in [-0.2, 0) is 11.8 Å². The highest BCUT2D eigenvalue weighted by atomic mass is 32.1. The van der Waals surface area contributed by atoms with Gasteiger partial charge in [-0.15, -0.1) is 10.2 Å². The van der Waals surface area contributed by atoms with Gasteiger partial charge in [0.1, 0.15) is 10.8 Å². The number of fused-ring (bicyclic) bond motifs is 2. The fourth-order valence-corrected chi connectivity index (χ4v) is 5.48. The average Bonchev–Trinajstić information content (AvgIpc) is 3.36. The van der Waals surface area contributed by atoms with E-state index in [1.165, 1.54) is 0 Å². The Hall–Kier alpha value is -2.54. The lowest BCUT2D eigenvalue weighted by Crippen LogP contribution is -2.42. The molecule has 1 fully saturated rings. The van der Waals surface area contributed by atoms with E-state index in [4.69, 9.17) is 4.98 Å². The number of nitrogens with zero attached hydrogens (tertiary/aromatic N) is 4. The lowest BCUT2D eigenvalue weighted by Gasteiger charge is -2.39. The Bertz CT molecular complexity index is 1080. The molecule has 7 heteroatoms. The molecule has 3 heterocycles. The molecule has 2 aromatic heterocycles. The molecule has 0 saturated carbocycles. The van der Waals surface area contributed by atoms with Crippen LogP contribution in [0, 0.1) is 0 Å². The first-order chi connectivity index (χ1) is 14.1.